The van der Waals surface area contributed by atoms with Crippen LogP contribution in [0.15, 0.2) is 23.2 Å². The number of hydrogen-bond donors (Lipinski definition) is 1. The Balaban J connectivity index is 1.51. The number of hydrogen-bond acceptors (Lipinski definition) is 4. The van der Waals surface area contributed by atoms with Crippen molar-refractivity contribution < 1.29 is 14.2 Å². The Kier molecular flexibility index (Phi) is 6.74. The lowest BCUT2D eigenvalue weighted by molar-refractivity contribution is -0.0816. The van der Waals surface area contributed by atoms with Gasteiger partial charge in [0.1, 0.15) is 11.9 Å². The van der Waals surface area contributed by atoms with E-state index in [0.717, 1.165) is 69.4 Å². The van der Waals surface area contributed by atoms with Crippen LogP contribution in [0.25, 0.3) is 0 Å². The van der Waals surface area contributed by atoms with Crippen LogP contribution in [-0.2, 0) is 15.9 Å². The van der Waals surface area contributed by atoms with Crippen molar-refractivity contribution in [3.8, 4) is 5.75 Å². The maximum Gasteiger partial charge on any atom is 0.193 e. The van der Waals surface area contributed by atoms with E-state index in [4.69, 9.17) is 14.2 Å². The van der Waals surface area contributed by atoms with Gasteiger partial charge in [0.05, 0.1) is 19.8 Å². The minimum absolute atomic E-state index is 0.145. The van der Waals surface area contributed by atoms with Crippen LogP contribution in [0.4, 0.5) is 0 Å². The highest BCUT2D eigenvalue weighted by molar-refractivity contribution is 5.80. The molecule has 3 rings (SSSR count). The Morgan fingerprint density at radius 2 is 2.15 bits per heavy atom. The third-order valence-corrected chi connectivity index (χ3v) is 5.15. The van der Waals surface area contributed by atoms with Gasteiger partial charge in [0.15, 0.2) is 5.96 Å². The summed E-state index contributed by atoms with van der Waals surface area (Å²) in [7, 11) is 3.56. The fourth-order valence-electron chi connectivity index (χ4n) is 3.66. The molecule has 2 unspecified atom stereocenters. The first-order chi connectivity index (χ1) is 12.7. The van der Waals surface area contributed by atoms with Gasteiger partial charge in [-0.1, -0.05) is 12.1 Å². The van der Waals surface area contributed by atoms with Gasteiger partial charge in [-0.25, -0.2) is 0 Å². The molecule has 2 atom stereocenters. The minimum atomic E-state index is 0.145. The monoisotopic (exact) mass is 361 g/mol. The second-order valence-electron chi connectivity index (χ2n) is 6.93. The zero-order valence-electron chi connectivity index (χ0n) is 16.2. The molecule has 0 aromatic heterocycles. The molecule has 1 N–H and O–H groups in total. The minimum Gasteiger partial charge on any atom is -0.496 e. The SMILES string of the molecule is CN=C(NCCc1ccc(C)c(OC)c1)N1CCOC(C2CCCO2)C1. The second-order valence-corrected chi connectivity index (χ2v) is 6.93. The molecule has 144 valence electrons. The Hall–Kier alpha value is -1.79. The molecule has 0 amide bonds. The molecule has 26 heavy (non-hydrogen) atoms. The highest BCUT2D eigenvalue weighted by Crippen LogP contribution is 2.21. The molecule has 2 aliphatic rings. The first-order valence-electron chi connectivity index (χ1n) is 9.53. The van der Waals surface area contributed by atoms with E-state index in [0.29, 0.717) is 0 Å². The number of aryl methyl sites for hydroxylation is 1. The zero-order chi connectivity index (χ0) is 18.4. The smallest absolute Gasteiger partial charge is 0.193 e. The molecule has 1 aromatic carbocycles. The number of nitrogens with one attached hydrogen (secondary N) is 1. The van der Waals surface area contributed by atoms with Gasteiger partial charge in [-0.05, 0) is 43.4 Å². The second kappa shape index (κ2) is 9.24. The van der Waals surface area contributed by atoms with Crippen LogP contribution in [0, 0.1) is 6.92 Å². The lowest BCUT2D eigenvalue weighted by Gasteiger charge is -2.37. The van der Waals surface area contributed by atoms with Crippen LogP contribution < -0.4 is 10.1 Å². The molecular weight excluding hydrogens is 330 g/mol. The lowest BCUT2D eigenvalue weighted by Crippen LogP contribution is -2.53. The number of nitrogens with zero attached hydrogens (tertiary/aromatic N) is 2. The predicted molar refractivity (Wildman–Crippen MR) is 103 cm³/mol. The summed E-state index contributed by atoms with van der Waals surface area (Å²) in [6.07, 6.45) is 3.54. The van der Waals surface area contributed by atoms with Gasteiger partial charge >= 0.3 is 0 Å². The van der Waals surface area contributed by atoms with Crippen LogP contribution in [0.2, 0.25) is 0 Å². The Morgan fingerprint density at radius 1 is 1.31 bits per heavy atom. The highest BCUT2D eigenvalue weighted by atomic mass is 16.5. The maximum absolute atomic E-state index is 5.93. The molecule has 2 fully saturated rings. The van der Waals surface area contributed by atoms with Crippen molar-refractivity contribution in [3.05, 3.63) is 29.3 Å². The summed E-state index contributed by atoms with van der Waals surface area (Å²) < 4.78 is 17.1. The Bertz CT molecular complexity index is 614. The number of methoxy groups -OCH3 is 1. The molecule has 2 aliphatic heterocycles. The van der Waals surface area contributed by atoms with Gasteiger partial charge in [0.25, 0.3) is 0 Å². The van der Waals surface area contributed by atoms with Crippen molar-refractivity contribution in [2.24, 2.45) is 4.99 Å². The number of ether oxygens (including phenoxy) is 3. The summed E-state index contributed by atoms with van der Waals surface area (Å²) in [6.45, 7) is 6.17. The average molecular weight is 361 g/mol. The number of rotatable bonds is 5. The third-order valence-electron chi connectivity index (χ3n) is 5.15. The zero-order valence-corrected chi connectivity index (χ0v) is 16.2. The van der Waals surface area contributed by atoms with Gasteiger partial charge in [-0.2, -0.15) is 0 Å². The van der Waals surface area contributed by atoms with E-state index in [1.54, 1.807) is 7.11 Å². The van der Waals surface area contributed by atoms with Gasteiger partial charge in [0.2, 0.25) is 0 Å². The molecule has 0 aliphatic carbocycles. The van der Waals surface area contributed by atoms with E-state index in [1.807, 2.05) is 7.05 Å². The van der Waals surface area contributed by atoms with E-state index in [-0.39, 0.29) is 12.2 Å². The topological polar surface area (TPSA) is 55.3 Å². The van der Waals surface area contributed by atoms with E-state index in [1.165, 1.54) is 5.56 Å². The van der Waals surface area contributed by atoms with Crippen molar-refractivity contribution in [3.63, 3.8) is 0 Å². The molecular formula is C20H31N3O3. The lowest BCUT2D eigenvalue weighted by atomic mass is 10.1. The summed E-state index contributed by atoms with van der Waals surface area (Å²) in [4.78, 5) is 6.75. The van der Waals surface area contributed by atoms with E-state index in [2.05, 4.69) is 40.3 Å². The largest absolute Gasteiger partial charge is 0.496 e. The molecule has 0 saturated carbocycles. The average Bonchev–Trinajstić information content (AvgIpc) is 3.21. The summed E-state index contributed by atoms with van der Waals surface area (Å²) in [5.41, 5.74) is 2.42. The Morgan fingerprint density at radius 3 is 2.88 bits per heavy atom. The molecule has 2 saturated heterocycles. The summed E-state index contributed by atoms with van der Waals surface area (Å²) in [5.74, 6) is 1.88. The van der Waals surface area contributed by atoms with Crippen LogP contribution in [0.1, 0.15) is 24.0 Å². The van der Waals surface area contributed by atoms with E-state index >= 15 is 0 Å². The number of benzene rings is 1. The predicted octanol–water partition coefficient (Wildman–Crippen LogP) is 2.00. The highest BCUT2D eigenvalue weighted by Gasteiger charge is 2.32. The van der Waals surface area contributed by atoms with Crippen molar-refractivity contribution in [1.29, 1.82) is 0 Å². The van der Waals surface area contributed by atoms with E-state index in [9.17, 15) is 0 Å². The number of aliphatic imine (C=N–C) groups is 1. The van der Waals surface area contributed by atoms with Crippen molar-refractivity contribution in [2.75, 3.05) is 47.0 Å². The maximum atomic E-state index is 5.93. The molecule has 1 aromatic rings. The molecule has 6 nitrogen and oxygen atoms in total. The summed E-state index contributed by atoms with van der Waals surface area (Å²) in [6, 6.07) is 6.38. The molecule has 2 heterocycles. The summed E-state index contributed by atoms with van der Waals surface area (Å²) in [5, 5.41) is 3.49. The van der Waals surface area contributed by atoms with Crippen LogP contribution in [-0.4, -0.2) is 70.1 Å². The first-order valence-corrected chi connectivity index (χ1v) is 9.53. The van der Waals surface area contributed by atoms with Crippen LogP contribution >= 0.6 is 0 Å². The van der Waals surface area contributed by atoms with Crippen molar-refractivity contribution >= 4 is 5.96 Å². The number of morpholine rings is 1. The fraction of sp³-hybridized carbons (Fsp3) is 0.650. The van der Waals surface area contributed by atoms with Crippen LogP contribution in [0.5, 0.6) is 5.75 Å². The molecule has 0 spiro atoms. The van der Waals surface area contributed by atoms with Gasteiger partial charge in [0, 0.05) is 33.3 Å². The van der Waals surface area contributed by atoms with Crippen molar-refractivity contribution in [1.82, 2.24) is 10.2 Å². The molecule has 6 heteroatoms. The quantitative estimate of drug-likeness (QED) is 0.642. The fourth-order valence-corrected chi connectivity index (χ4v) is 3.66. The standard InChI is InChI=1S/C20H31N3O3/c1-15-6-7-16(13-18(15)24-3)8-9-22-20(21-2)23-10-12-26-19(14-23)17-5-4-11-25-17/h6-7,13,17,19H,4-5,8-12,14H2,1-3H3,(H,21,22). The van der Waals surface area contributed by atoms with Gasteiger partial charge < -0.3 is 24.4 Å². The molecule has 0 bridgehead atoms. The molecule has 0 radical (unpaired) electrons. The number of guanidine groups is 1. The van der Waals surface area contributed by atoms with Gasteiger partial charge in [-0.3, -0.25) is 4.99 Å². The normalized spacial score (nSPS) is 24.0. The van der Waals surface area contributed by atoms with Crippen LogP contribution in [0.3, 0.4) is 0 Å². The third kappa shape index (κ3) is 4.68. The van der Waals surface area contributed by atoms with Gasteiger partial charge in [-0.15, -0.1) is 0 Å². The Labute approximate surface area is 156 Å². The summed E-state index contributed by atoms with van der Waals surface area (Å²) >= 11 is 0. The first kappa shape index (κ1) is 19.0. The van der Waals surface area contributed by atoms with Crippen molar-refractivity contribution in [2.45, 2.75) is 38.4 Å². The van der Waals surface area contributed by atoms with E-state index < -0.39 is 0 Å².